The number of carbonyl (C=O) groups is 1. The highest BCUT2D eigenvalue weighted by molar-refractivity contribution is 5.88. The van der Waals surface area contributed by atoms with Gasteiger partial charge in [-0.1, -0.05) is 0 Å². The van der Waals surface area contributed by atoms with E-state index in [9.17, 15) is 14.9 Å². The van der Waals surface area contributed by atoms with E-state index in [-0.39, 0.29) is 36.4 Å². The lowest BCUT2D eigenvalue weighted by Crippen LogP contribution is -2.31. The van der Waals surface area contributed by atoms with Crippen molar-refractivity contribution in [3.63, 3.8) is 0 Å². The molecule has 0 aliphatic heterocycles. The molecule has 1 aliphatic carbocycles. The van der Waals surface area contributed by atoms with Crippen LogP contribution in [0.4, 0.5) is 11.5 Å². The molecule has 0 radical (unpaired) electrons. The third-order valence-corrected chi connectivity index (χ3v) is 3.05. The number of rotatable bonds is 6. The van der Waals surface area contributed by atoms with Gasteiger partial charge in [0.05, 0.1) is 18.6 Å². The van der Waals surface area contributed by atoms with Crippen LogP contribution in [-0.2, 0) is 4.74 Å². The number of anilines is 1. The van der Waals surface area contributed by atoms with E-state index in [4.69, 9.17) is 5.11 Å². The summed E-state index contributed by atoms with van der Waals surface area (Å²) in [5.41, 5.74) is -0.172. The lowest BCUT2D eigenvalue weighted by Gasteiger charge is -2.22. The number of esters is 1. The van der Waals surface area contributed by atoms with Gasteiger partial charge in [0.2, 0.25) is 5.82 Å². The summed E-state index contributed by atoms with van der Waals surface area (Å²) in [4.78, 5) is 27.7. The molecule has 2 rings (SSSR count). The quantitative estimate of drug-likeness (QED) is 0.465. The van der Waals surface area contributed by atoms with Crippen LogP contribution in [0.25, 0.3) is 0 Å². The maximum atomic E-state index is 11.5. The van der Waals surface area contributed by atoms with E-state index >= 15 is 0 Å². The Balaban J connectivity index is 2.44. The van der Waals surface area contributed by atoms with E-state index in [0.29, 0.717) is 0 Å². The Morgan fingerprint density at radius 2 is 2.30 bits per heavy atom. The largest absolute Gasteiger partial charge is 0.464 e. The highest BCUT2D eigenvalue weighted by atomic mass is 16.6. The van der Waals surface area contributed by atoms with E-state index in [1.807, 2.05) is 0 Å². The molecule has 1 aromatic heterocycles. The lowest BCUT2D eigenvalue weighted by atomic mass is 10.3. The number of hydrogen-bond acceptors (Lipinski definition) is 7. The summed E-state index contributed by atoms with van der Waals surface area (Å²) in [6, 6.07) is 2.62. The number of carbonyl (C=O) groups excluding carboxylic acids is 1. The average molecular weight is 281 g/mol. The van der Waals surface area contributed by atoms with Gasteiger partial charge < -0.3 is 14.7 Å². The van der Waals surface area contributed by atoms with Crippen molar-refractivity contribution in [3.8, 4) is 0 Å². The van der Waals surface area contributed by atoms with Crippen LogP contribution in [0.5, 0.6) is 0 Å². The molecule has 1 fully saturated rings. The molecule has 8 heteroatoms. The molecule has 0 aromatic carbocycles. The van der Waals surface area contributed by atoms with Crippen LogP contribution in [0.3, 0.4) is 0 Å². The summed E-state index contributed by atoms with van der Waals surface area (Å²) in [6.45, 7) is 0.0981. The first-order valence-electron chi connectivity index (χ1n) is 6.19. The number of aromatic nitrogens is 1. The number of nitro groups is 1. The molecule has 0 amide bonds. The summed E-state index contributed by atoms with van der Waals surface area (Å²) < 4.78 is 4.57. The molecule has 108 valence electrons. The molecule has 0 atom stereocenters. The third kappa shape index (κ3) is 2.85. The second-order valence-electron chi connectivity index (χ2n) is 4.44. The summed E-state index contributed by atoms with van der Waals surface area (Å²) in [5.74, 6) is -0.546. The topological polar surface area (TPSA) is 106 Å². The lowest BCUT2D eigenvalue weighted by molar-refractivity contribution is -0.384. The van der Waals surface area contributed by atoms with Crippen LogP contribution in [0.1, 0.15) is 23.3 Å². The molecule has 0 unspecified atom stereocenters. The Kier molecular flexibility index (Phi) is 4.14. The van der Waals surface area contributed by atoms with E-state index in [2.05, 4.69) is 9.72 Å². The number of ether oxygens (including phenoxy) is 1. The van der Waals surface area contributed by atoms with Crippen molar-refractivity contribution in [1.29, 1.82) is 0 Å². The van der Waals surface area contributed by atoms with Gasteiger partial charge in [-0.3, -0.25) is 10.1 Å². The highest BCUT2D eigenvalue weighted by Gasteiger charge is 2.34. The van der Waals surface area contributed by atoms with Crippen molar-refractivity contribution in [1.82, 2.24) is 4.98 Å². The number of methoxy groups -OCH3 is 1. The van der Waals surface area contributed by atoms with Gasteiger partial charge >= 0.3 is 11.7 Å². The van der Waals surface area contributed by atoms with Crippen LogP contribution in [-0.4, -0.2) is 47.3 Å². The molecule has 1 heterocycles. The van der Waals surface area contributed by atoms with Crippen LogP contribution in [0.15, 0.2) is 12.1 Å². The zero-order chi connectivity index (χ0) is 14.7. The molecule has 0 bridgehead atoms. The fraction of sp³-hybridized carbons (Fsp3) is 0.500. The van der Waals surface area contributed by atoms with Crippen molar-refractivity contribution in [2.45, 2.75) is 18.9 Å². The van der Waals surface area contributed by atoms with Crippen molar-refractivity contribution in [3.05, 3.63) is 27.9 Å². The van der Waals surface area contributed by atoms with Gasteiger partial charge in [0.15, 0.2) is 5.69 Å². The van der Waals surface area contributed by atoms with Crippen molar-refractivity contribution in [2.75, 3.05) is 25.2 Å². The summed E-state index contributed by atoms with van der Waals surface area (Å²) in [6.07, 6.45) is 1.78. The summed E-state index contributed by atoms with van der Waals surface area (Å²) >= 11 is 0. The van der Waals surface area contributed by atoms with Crippen molar-refractivity contribution >= 4 is 17.5 Å². The molecule has 8 nitrogen and oxygen atoms in total. The number of hydrogen-bond donors (Lipinski definition) is 1. The predicted molar refractivity (Wildman–Crippen MR) is 69.7 cm³/mol. The van der Waals surface area contributed by atoms with E-state index in [1.54, 1.807) is 4.90 Å². The fourth-order valence-electron chi connectivity index (χ4n) is 1.97. The normalized spacial score (nSPS) is 13.9. The minimum atomic E-state index is -0.652. The molecule has 1 aliphatic rings. The molecule has 1 saturated carbocycles. The summed E-state index contributed by atoms with van der Waals surface area (Å²) in [7, 11) is 1.22. The second kappa shape index (κ2) is 5.83. The molecule has 0 spiro atoms. The maximum absolute atomic E-state index is 11.5. The molecule has 1 N–H and O–H groups in total. The maximum Gasteiger partial charge on any atom is 0.356 e. The second-order valence-corrected chi connectivity index (χ2v) is 4.44. The first-order valence-corrected chi connectivity index (χ1v) is 6.19. The van der Waals surface area contributed by atoms with Gasteiger partial charge in [-0.05, 0) is 18.9 Å². The monoisotopic (exact) mass is 281 g/mol. The first kappa shape index (κ1) is 14.2. The van der Waals surface area contributed by atoms with Gasteiger partial charge in [-0.2, -0.15) is 0 Å². The number of aliphatic hydroxyl groups excluding tert-OH is 1. The summed E-state index contributed by atoms with van der Waals surface area (Å²) in [5, 5.41) is 20.2. The Bertz CT molecular complexity index is 530. The van der Waals surface area contributed by atoms with Crippen molar-refractivity contribution < 1.29 is 19.6 Å². The molecular weight excluding hydrogens is 266 g/mol. The average Bonchev–Trinajstić information content (AvgIpc) is 3.27. The van der Waals surface area contributed by atoms with Crippen LogP contribution >= 0.6 is 0 Å². The van der Waals surface area contributed by atoms with Crippen LogP contribution in [0, 0.1) is 10.1 Å². The fourth-order valence-corrected chi connectivity index (χ4v) is 1.97. The minimum absolute atomic E-state index is 0.0108. The van der Waals surface area contributed by atoms with Gasteiger partial charge in [0.1, 0.15) is 0 Å². The first-order chi connectivity index (χ1) is 9.58. The Labute approximate surface area is 115 Å². The Hall–Kier alpha value is -2.22. The zero-order valence-electron chi connectivity index (χ0n) is 11.0. The minimum Gasteiger partial charge on any atom is -0.464 e. The van der Waals surface area contributed by atoms with Gasteiger partial charge in [0.25, 0.3) is 0 Å². The molecule has 20 heavy (non-hydrogen) atoms. The van der Waals surface area contributed by atoms with Gasteiger partial charge in [-0.15, -0.1) is 0 Å². The van der Waals surface area contributed by atoms with Gasteiger partial charge in [0, 0.05) is 18.7 Å². The molecular formula is C12H15N3O5. The zero-order valence-corrected chi connectivity index (χ0v) is 11.0. The van der Waals surface area contributed by atoms with Gasteiger partial charge in [-0.25, -0.2) is 9.78 Å². The van der Waals surface area contributed by atoms with Crippen LogP contribution < -0.4 is 4.90 Å². The third-order valence-electron chi connectivity index (χ3n) is 3.05. The van der Waals surface area contributed by atoms with E-state index in [1.165, 1.54) is 19.2 Å². The van der Waals surface area contributed by atoms with Crippen LogP contribution in [0.2, 0.25) is 0 Å². The highest BCUT2D eigenvalue weighted by Crippen LogP contribution is 2.35. The SMILES string of the molecule is COC(=O)c1ccc([N+](=O)[O-])c(N(CCO)C2CC2)n1. The number of aliphatic hydroxyl groups is 1. The van der Waals surface area contributed by atoms with E-state index < -0.39 is 10.9 Å². The molecule has 0 saturated heterocycles. The predicted octanol–water partition coefficient (Wildman–Crippen LogP) is 0.737. The Morgan fingerprint density at radius 3 is 2.80 bits per heavy atom. The standard InChI is InChI=1S/C12H15N3O5/c1-20-12(17)9-4-5-10(15(18)19)11(13-9)14(6-7-16)8-2-3-8/h4-5,8,16H,2-3,6-7H2,1H3. The van der Waals surface area contributed by atoms with E-state index in [0.717, 1.165) is 12.8 Å². The molecule has 1 aromatic rings. The number of pyridine rings is 1. The Morgan fingerprint density at radius 1 is 1.60 bits per heavy atom. The smallest absolute Gasteiger partial charge is 0.356 e. The van der Waals surface area contributed by atoms with Crippen molar-refractivity contribution in [2.24, 2.45) is 0 Å². The number of nitrogens with zero attached hydrogens (tertiary/aromatic N) is 3.